The van der Waals surface area contributed by atoms with Crippen molar-refractivity contribution in [3.05, 3.63) is 60.2 Å². The molecule has 0 bridgehead atoms. The van der Waals surface area contributed by atoms with Crippen LogP contribution < -0.4 is 0 Å². The van der Waals surface area contributed by atoms with Gasteiger partial charge in [0.05, 0.1) is 7.11 Å². The maximum atomic E-state index is 10.9. The minimum atomic E-state index is -0.298. The van der Waals surface area contributed by atoms with Crippen LogP contribution in [0.1, 0.15) is 12.0 Å². The van der Waals surface area contributed by atoms with Crippen molar-refractivity contribution in [2.24, 2.45) is 0 Å². The van der Waals surface area contributed by atoms with E-state index in [0.29, 0.717) is 0 Å². The zero-order valence-electron chi connectivity index (χ0n) is 10.4. The largest absolute Gasteiger partial charge is 0.466 e. The quantitative estimate of drug-likeness (QED) is 0.604. The Kier molecular flexibility index (Phi) is 4.13. The standard InChI is InChI=1S/C16H16O2/c1-18-16(17)9-5-2-6-13-10-11-14-7-3-4-8-15(14)12-13/h3-5,7-12H,2,6H2,1H3. The third kappa shape index (κ3) is 3.20. The zero-order valence-corrected chi connectivity index (χ0v) is 10.4. The fourth-order valence-electron chi connectivity index (χ4n) is 1.89. The highest BCUT2D eigenvalue weighted by molar-refractivity contribution is 5.83. The fourth-order valence-corrected chi connectivity index (χ4v) is 1.89. The molecule has 2 rings (SSSR count). The number of carbonyl (C=O) groups excluding carboxylic acids is 1. The molecule has 0 aliphatic carbocycles. The molecule has 2 aromatic carbocycles. The Hall–Kier alpha value is -2.09. The summed E-state index contributed by atoms with van der Waals surface area (Å²) in [6.07, 6.45) is 5.09. The van der Waals surface area contributed by atoms with E-state index in [1.54, 1.807) is 0 Å². The van der Waals surface area contributed by atoms with Gasteiger partial charge in [-0.3, -0.25) is 0 Å². The van der Waals surface area contributed by atoms with Gasteiger partial charge in [0.15, 0.2) is 0 Å². The first-order chi connectivity index (χ1) is 8.79. The van der Waals surface area contributed by atoms with Crippen molar-refractivity contribution < 1.29 is 9.53 Å². The maximum absolute atomic E-state index is 10.9. The van der Waals surface area contributed by atoms with Crippen LogP contribution in [0, 0.1) is 0 Å². The van der Waals surface area contributed by atoms with Crippen LogP contribution in [0.4, 0.5) is 0 Å². The van der Waals surface area contributed by atoms with Gasteiger partial charge in [-0.1, -0.05) is 48.5 Å². The van der Waals surface area contributed by atoms with Crippen molar-refractivity contribution in [3.63, 3.8) is 0 Å². The van der Waals surface area contributed by atoms with Crippen LogP contribution in [-0.2, 0) is 16.0 Å². The summed E-state index contributed by atoms with van der Waals surface area (Å²) in [5.74, 6) is -0.298. The van der Waals surface area contributed by atoms with Crippen molar-refractivity contribution in [3.8, 4) is 0 Å². The number of fused-ring (bicyclic) bond motifs is 1. The van der Waals surface area contributed by atoms with Gasteiger partial charge < -0.3 is 4.74 Å². The van der Waals surface area contributed by atoms with E-state index in [4.69, 9.17) is 0 Å². The molecule has 0 saturated heterocycles. The van der Waals surface area contributed by atoms with Crippen molar-refractivity contribution in [2.45, 2.75) is 12.8 Å². The topological polar surface area (TPSA) is 26.3 Å². The number of carbonyl (C=O) groups is 1. The van der Waals surface area contributed by atoms with E-state index in [1.807, 2.05) is 18.2 Å². The van der Waals surface area contributed by atoms with Gasteiger partial charge >= 0.3 is 5.97 Å². The van der Waals surface area contributed by atoms with Crippen LogP contribution >= 0.6 is 0 Å². The smallest absolute Gasteiger partial charge is 0.330 e. The first-order valence-electron chi connectivity index (χ1n) is 6.02. The number of aryl methyl sites for hydroxylation is 1. The summed E-state index contributed by atoms with van der Waals surface area (Å²) in [7, 11) is 1.38. The van der Waals surface area contributed by atoms with Gasteiger partial charge in [-0.2, -0.15) is 0 Å². The lowest BCUT2D eigenvalue weighted by Gasteiger charge is -2.01. The number of allylic oxidation sites excluding steroid dienone is 1. The van der Waals surface area contributed by atoms with Gasteiger partial charge in [0.2, 0.25) is 0 Å². The highest BCUT2D eigenvalue weighted by Crippen LogP contribution is 2.16. The third-order valence-electron chi connectivity index (χ3n) is 2.87. The predicted octanol–water partition coefficient (Wildman–Crippen LogP) is 3.50. The van der Waals surface area contributed by atoms with Gasteiger partial charge in [-0.15, -0.1) is 0 Å². The molecule has 0 aliphatic rings. The number of rotatable bonds is 4. The molecule has 2 heteroatoms. The van der Waals surface area contributed by atoms with Crippen molar-refractivity contribution >= 4 is 16.7 Å². The third-order valence-corrected chi connectivity index (χ3v) is 2.87. The number of benzene rings is 2. The first kappa shape index (κ1) is 12.4. The predicted molar refractivity (Wildman–Crippen MR) is 73.4 cm³/mol. The number of methoxy groups -OCH3 is 1. The fraction of sp³-hybridized carbons (Fsp3) is 0.188. The van der Waals surface area contributed by atoms with E-state index in [0.717, 1.165) is 12.8 Å². The first-order valence-corrected chi connectivity index (χ1v) is 6.02. The van der Waals surface area contributed by atoms with Gasteiger partial charge in [0, 0.05) is 6.08 Å². The van der Waals surface area contributed by atoms with Crippen LogP contribution in [0.5, 0.6) is 0 Å². The summed E-state index contributed by atoms with van der Waals surface area (Å²) in [6, 6.07) is 14.8. The van der Waals surface area contributed by atoms with Crippen molar-refractivity contribution in [1.29, 1.82) is 0 Å². The molecule has 0 saturated carbocycles. The molecular weight excluding hydrogens is 224 g/mol. The maximum Gasteiger partial charge on any atom is 0.330 e. The minimum Gasteiger partial charge on any atom is -0.466 e. The summed E-state index contributed by atoms with van der Waals surface area (Å²) >= 11 is 0. The Morgan fingerprint density at radius 1 is 1.17 bits per heavy atom. The van der Waals surface area contributed by atoms with Gasteiger partial charge in [0.25, 0.3) is 0 Å². The van der Waals surface area contributed by atoms with Gasteiger partial charge in [-0.25, -0.2) is 4.79 Å². The lowest BCUT2D eigenvalue weighted by molar-refractivity contribution is -0.134. The van der Waals surface area contributed by atoms with Crippen LogP contribution in [-0.4, -0.2) is 13.1 Å². The normalized spacial score (nSPS) is 10.9. The van der Waals surface area contributed by atoms with Gasteiger partial charge in [0.1, 0.15) is 0 Å². The van der Waals surface area contributed by atoms with Crippen molar-refractivity contribution in [1.82, 2.24) is 0 Å². The monoisotopic (exact) mass is 240 g/mol. The molecule has 0 amide bonds. The Morgan fingerprint density at radius 2 is 1.94 bits per heavy atom. The molecule has 0 aromatic heterocycles. The van der Waals surface area contributed by atoms with Crippen LogP contribution in [0.2, 0.25) is 0 Å². The van der Waals surface area contributed by atoms with Crippen LogP contribution in [0.25, 0.3) is 10.8 Å². The number of hydrogen-bond acceptors (Lipinski definition) is 2. The molecule has 0 aliphatic heterocycles. The molecule has 92 valence electrons. The highest BCUT2D eigenvalue weighted by atomic mass is 16.5. The molecular formula is C16H16O2. The second kappa shape index (κ2) is 6.01. The van der Waals surface area contributed by atoms with E-state index in [9.17, 15) is 4.79 Å². The Labute approximate surface area is 107 Å². The molecule has 0 fully saturated rings. The van der Waals surface area contributed by atoms with E-state index < -0.39 is 0 Å². The molecule has 0 spiro atoms. The summed E-state index contributed by atoms with van der Waals surface area (Å²) in [6.45, 7) is 0. The summed E-state index contributed by atoms with van der Waals surface area (Å²) < 4.78 is 4.53. The average molecular weight is 240 g/mol. The summed E-state index contributed by atoms with van der Waals surface area (Å²) in [5, 5.41) is 2.51. The minimum absolute atomic E-state index is 0.298. The average Bonchev–Trinajstić information content (AvgIpc) is 2.43. The lowest BCUT2D eigenvalue weighted by Crippen LogP contribution is -1.93. The zero-order chi connectivity index (χ0) is 12.8. The second-order valence-electron chi connectivity index (χ2n) is 4.15. The Morgan fingerprint density at radius 3 is 2.72 bits per heavy atom. The molecule has 18 heavy (non-hydrogen) atoms. The molecule has 0 N–H and O–H groups in total. The van der Waals surface area contributed by atoms with Crippen molar-refractivity contribution in [2.75, 3.05) is 7.11 Å². The van der Waals surface area contributed by atoms with E-state index >= 15 is 0 Å². The van der Waals surface area contributed by atoms with E-state index in [1.165, 1.54) is 29.5 Å². The molecule has 0 radical (unpaired) electrons. The summed E-state index contributed by atoms with van der Waals surface area (Å²) in [4.78, 5) is 10.9. The molecule has 0 unspecified atom stereocenters. The number of ether oxygens (including phenoxy) is 1. The second-order valence-corrected chi connectivity index (χ2v) is 4.15. The Balaban J connectivity index is 2.00. The van der Waals surface area contributed by atoms with Crippen LogP contribution in [0.3, 0.4) is 0 Å². The van der Waals surface area contributed by atoms with Crippen LogP contribution in [0.15, 0.2) is 54.6 Å². The molecule has 2 nitrogen and oxygen atoms in total. The molecule has 0 atom stereocenters. The lowest BCUT2D eigenvalue weighted by atomic mass is 10.0. The molecule has 2 aromatic rings. The number of hydrogen-bond donors (Lipinski definition) is 0. The number of esters is 1. The van der Waals surface area contributed by atoms with E-state index in [2.05, 4.69) is 35.1 Å². The highest BCUT2D eigenvalue weighted by Gasteiger charge is 1.96. The van der Waals surface area contributed by atoms with E-state index in [-0.39, 0.29) is 5.97 Å². The SMILES string of the molecule is COC(=O)C=CCCc1ccc2ccccc2c1. The van der Waals surface area contributed by atoms with Gasteiger partial charge in [-0.05, 0) is 29.2 Å². The molecule has 0 heterocycles. The summed E-state index contributed by atoms with van der Waals surface area (Å²) in [5.41, 5.74) is 1.28. The Bertz CT molecular complexity index is 570.